The standard InChI is InChI=1S/C23H33N3O3/c1-6-7-15-25(16-20-9-8-14-24(20)4)22(27)17-26(18(2)3)23(28)19-10-12-21(29-5)13-11-19/h8-14,18H,6-7,15-17H2,1-5H3. The fourth-order valence-corrected chi connectivity index (χ4v) is 3.13. The second-order valence-electron chi connectivity index (χ2n) is 7.53. The third-order valence-electron chi connectivity index (χ3n) is 5.07. The topological polar surface area (TPSA) is 54.8 Å². The Morgan fingerprint density at radius 1 is 1.14 bits per heavy atom. The van der Waals surface area contributed by atoms with Crippen LogP contribution in [-0.2, 0) is 18.4 Å². The molecule has 0 aliphatic heterocycles. The number of carbonyl (C=O) groups excluding carboxylic acids is 2. The van der Waals surface area contributed by atoms with Crippen LogP contribution in [0.1, 0.15) is 49.7 Å². The molecule has 158 valence electrons. The number of rotatable bonds is 10. The Bertz CT molecular complexity index is 796. The van der Waals surface area contributed by atoms with Crippen molar-refractivity contribution < 1.29 is 14.3 Å². The molecule has 0 aliphatic carbocycles. The lowest BCUT2D eigenvalue weighted by atomic mass is 10.1. The Morgan fingerprint density at radius 3 is 2.34 bits per heavy atom. The zero-order valence-corrected chi connectivity index (χ0v) is 18.2. The molecule has 0 unspecified atom stereocenters. The van der Waals surface area contributed by atoms with Gasteiger partial charge in [0, 0.05) is 37.1 Å². The fraction of sp³-hybridized carbons (Fsp3) is 0.478. The van der Waals surface area contributed by atoms with Gasteiger partial charge in [0.25, 0.3) is 5.91 Å². The number of methoxy groups -OCH3 is 1. The van der Waals surface area contributed by atoms with Crippen molar-refractivity contribution in [2.45, 2.75) is 46.2 Å². The molecule has 0 spiro atoms. The van der Waals surface area contributed by atoms with Gasteiger partial charge in [0.05, 0.1) is 13.7 Å². The van der Waals surface area contributed by atoms with Gasteiger partial charge in [-0.2, -0.15) is 0 Å². The number of aromatic nitrogens is 1. The van der Waals surface area contributed by atoms with Crippen LogP contribution in [0.15, 0.2) is 42.6 Å². The van der Waals surface area contributed by atoms with Crippen LogP contribution in [0.5, 0.6) is 5.75 Å². The van der Waals surface area contributed by atoms with Gasteiger partial charge in [-0.1, -0.05) is 13.3 Å². The van der Waals surface area contributed by atoms with Crippen LogP contribution < -0.4 is 4.74 Å². The van der Waals surface area contributed by atoms with Crippen molar-refractivity contribution in [1.29, 1.82) is 0 Å². The summed E-state index contributed by atoms with van der Waals surface area (Å²) >= 11 is 0. The van der Waals surface area contributed by atoms with Crippen molar-refractivity contribution in [3.05, 3.63) is 53.9 Å². The first-order valence-electron chi connectivity index (χ1n) is 10.2. The molecule has 2 amide bonds. The van der Waals surface area contributed by atoms with E-state index >= 15 is 0 Å². The van der Waals surface area contributed by atoms with Crippen molar-refractivity contribution in [2.24, 2.45) is 7.05 Å². The van der Waals surface area contributed by atoms with E-state index in [1.807, 2.05) is 48.7 Å². The summed E-state index contributed by atoms with van der Waals surface area (Å²) in [5.41, 5.74) is 1.63. The van der Waals surface area contributed by atoms with Gasteiger partial charge < -0.3 is 19.1 Å². The highest BCUT2D eigenvalue weighted by Crippen LogP contribution is 2.15. The van der Waals surface area contributed by atoms with E-state index in [1.165, 1.54) is 0 Å². The molecule has 0 N–H and O–H groups in total. The summed E-state index contributed by atoms with van der Waals surface area (Å²) in [7, 11) is 3.57. The molecule has 2 aromatic rings. The summed E-state index contributed by atoms with van der Waals surface area (Å²) in [6.07, 6.45) is 3.92. The Morgan fingerprint density at radius 2 is 1.83 bits per heavy atom. The minimum Gasteiger partial charge on any atom is -0.497 e. The van der Waals surface area contributed by atoms with E-state index in [0.29, 0.717) is 24.4 Å². The Balaban J connectivity index is 2.15. The minimum absolute atomic E-state index is 0.0322. The number of hydrogen-bond acceptors (Lipinski definition) is 3. The van der Waals surface area contributed by atoms with Gasteiger partial charge in [0.2, 0.25) is 5.91 Å². The van der Waals surface area contributed by atoms with Crippen LogP contribution in [0.2, 0.25) is 0 Å². The number of amides is 2. The SMILES string of the molecule is CCCCN(Cc1cccn1C)C(=O)CN(C(=O)c1ccc(OC)cc1)C(C)C. The van der Waals surface area contributed by atoms with E-state index in [4.69, 9.17) is 4.74 Å². The van der Waals surface area contributed by atoms with Crippen molar-refractivity contribution in [3.63, 3.8) is 0 Å². The van der Waals surface area contributed by atoms with E-state index in [1.54, 1.807) is 36.3 Å². The van der Waals surface area contributed by atoms with Crippen molar-refractivity contribution in [2.75, 3.05) is 20.2 Å². The predicted molar refractivity (Wildman–Crippen MR) is 115 cm³/mol. The first-order chi connectivity index (χ1) is 13.9. The molecule has 0 atom stereocenters. The number of ether oxygens (including phenoxy) is 1. The van der Waals surface area contributed by atoms with Gasteiger partial charge >= 0.3 is 0 Å². The van der Waals surface area contributed by atoms with Gasteiger partial charge in [-0.25, -0.2) is 0 Å². The first kappa shape index (κ1) is 22.5. The zero-order chi connectivity index (χ0) is 21.4. The second kappa shape index (κ2) is 10.7. The molecule has 1 aromatic carbocycles. The number of unbranched alkanes of at least 4 members (excludes halogenated alkanes) is 1. The summed E-state index contributed by atoms with van der Waals surface area (Å²) in [5, 5.41) is 0. The summed E-state index contributed by atoms with van der Waals surface area (Å²) in [6, 6.07) is 10.9. The Kier molecular flexibility index (Phi) is 8.31. The third kappa shape index (κ3) is 6.11. The monoisotopic (exact) mass is 399 g/mol. The summed E-state index contributed by atoms with van der Waals surface area (Å²) in [5.74, 6) is 0.516. The summed E-state index contributed by atoms with van der Waals surface area (Å²) in [6.45, 7) is 7.27. The molecule has 6 nitrogen and oxygen atoms in total. The van der Waals surface area contributed by atoms with Crippen LogP contribution in [0, 0.1) is 0 Å². The second-order valence-corrected chi connectivity index (χ2v) is 7.53. The fourth-order valence-electron chi connectivity index (χ4n) is 3.13. The minimum atomic E-state index is -0.148. The molecule has 2 rings (SSSR count). The van der Waals surface area contributed by atoms with Crippen molar-refractivity contribution >= 4 is 11.8 Å². The van der Waals surface area contributed by atoms with E-state index in [9.17, 15) is 9.59 Å². The lowest BCUT2D eigenvalue weighted by Gasteiger charge is -2.30. The number of benzene rings is 1. The predicted octanol–water partition coefficient (Wildman–Crippen LogP) is 3.71. The molecule has 29 heavy (non-hydrogen) atoms. The van der Waals surface area contributed by atoms with Gasteiger partial charge in [-0.15, -0.1) is 0 Å². The zero-order valence-electron chi connectivity index (χ0n) is 18.2. The number of hydrogen-bond donors (Lipinski definition) is 0. The highest BCUT2D eigenvalue weighted by Gasteiger charge is 2.24. The van der Waals surface area contributed by atoms with Crippen LogP contribution in [0.4, 0.5) is 0 Å². The molecule has 1 heterocycles. The molecular formula is C23H33N3O3. The Labute approximate surface area is 174 Å². The van der Waals surface area contributed by atoms with Crippen molar-refractivity contribution in [1.82, 2.24) is 14.4 Å². The quantitative estimate of drug-likeness (QED) is 0.612. The lowest BCUT2D eigenvalue weighted by molar-refractivity contribution is -0.133. The largest absolute Gasteiger partial charge is 0.497 e. The first-order valence-corrected chi connectivity index (χ1v) is 10.2. The third-order valence-corrected chi connectivity index (χ3v) is 5.07. The molecular weight excluding hydrogens is 366 g/mol. The molecule has 0 saturated heterocycles. The molecule has 0 fully saturated rings. The molecule has 1 aromatic heterocycles. The molecule has 0 saturated carbocycles. The van der Waals surface area contributed by atoms with E-state index < -0.39 is 0 Å². The molecule has 0 radical (unpaired) electrons. The van der Waals surface area contributed by atoms with Gasteiger partial charge in [0.15, 0.2) is 0 Å². The summed E-state index contributed by atoms with van der Waals surface area (Å²) in [4.78, 5) is 29.7. The van der Waals surface area contributed by atoms with E-state index in [0.717, 1.165) is 18.5 Å². The van der Waals surface area contributed by atoms with Crippen LogP contribution in [-0.4, -0.2) is 52.4 Å². The van der Waals surface area contributed by atoms with Crippen LogP contribution in [0.25, 0.3) is 0 Å². The number of aryl methyl sites for hydroxylation is 1. The highest BCUT2D eigenvalue weighted by atomic mass is 16.5. The maximum absolute atomic E-state index is 13.1. The molecule has 0 aliphatic rings. The maximum atomic E-state index is 13.1. The number of carbonyl (C=O) groups is 2. The smallest absolute Gasteiger partial charge is 0.254 e. The average Bonchev–Trinajstić information content (AvgIpc) is 3.12. The van der Waals surface area contributed by atoms with Gasteiger partial charge in [-0.3, -0.25) is 9.59 Å². The summed E-state index contributed by atoms with van der Waals surface area (Å²) < 4.78 is 7.19. The van der Waals surface area contributed by atoms with Gasteiger partial charge in [-0.05, 0) is 56.7 Å². The van der Waals surface area contributed by atoms with Gasteiger partial charge in [0.1, 0.15) is 12.3 Å². The Hall–Kier alpha value is -2.76. The average molecular weight is 400 g/mol. The van der Waals surface area contributed by atoms with E-state index in [-0.39, 0.29) is 24.4 Å². The van der Waals surface area contributed by atoms with E-state index in [2.05, 4.69) is 6.92 Å². The lowest BCUT2D eigenvalue weighted by Crippen LogP contribution is -2.46. The van der Waals surface area contributed by atoms with Crippen LogP contribution >= 0.6 is 0 Å². The van der Waals surface area contributed by atoms with Crippen LogP contribution in [0.3, 0.4) is 0 Å². The maximum Gasteiger partial charge on any atom is 0.254 e. The molecule has 6 heteroatoms. The highest BCUT2D eigenvalue weighted by molar-refractivity contribution is 5.96. The number of nitrogens with zero attached hydrogens (tertiary/aromatic N) is 3. The normalized spacial score (nSPS) is 10.8. The molecule has 0 bridgehead atoms. The van der Waals surface area contributed by atoms with Crippen molar-refractivity contribution in [3.8, 4) is 5.75 Å².